The van der Waals surface area contributed by atoms with Crippen LogP contribution in [0.25, 0.3) is 0 Å². The molecule has 2 aromatic carbocycles. The number of hydrogen-bond acceptors (Lipinski definition) is 19. The summed E-state index contributed by atoms with van der Waals surface area (Å²) in [6, 6.07) is -4.11. The molecule has 37 heteroatoms. The highest BCUT2D eigenvalue weighted by Crippen LogP contribution is 2.21. The van der Waals surface area contributed by atoms with Gasteiger partial charge in [-0.05, 0) is 61.8 Å². The largest absolute Gasteiger partial charge is 0.508 e. The lowest BCUT2D eigenvalue weighted by Crippen LogP contribution is -2.61. The minimum Gasteiger partial charge on any atom is -0.508 e. The fourth-order valence-corrected chi connectivity index (χ4v) is 9.40. The van der Waals surface area contributed by atoms with Gasteiger partial charge >= 0.3 is 23.9 Å². The van der Waals surface area contributed by atoms with Crippen LogP contribution >= 0.6 is 0 Å². The summed E-state index contributed by atoms with van der Waals surface area (Å²) in [6.45, 7) is -1.01. The summed E-state index contributed by atoms with van der Waals surface area (Å²) < 4.78 is 0. The molecule has 0 unspecified atom stereocenters. The Hall–Kier alpha value is -11.0. The molecule has 93 heavy (non-hydrogen) atoms. The Morgan fingerprint density at radius 2 is 0.978 bits per heavy atom. The standard InChI is InChI=1S/C56H78N18O19/c57-32(26-75)45(83)66-33(9-4-16-63-55(58)59)46(84)73-40(24-44(81)82)53(91)74-18-6-11-41(74)52(90)72-37(21-30-25-62-27-65-30)49(87)68-36(20-29-12-14-31(76)15-13-29)48(86)70-39(23-43(79)80)51(89)71-38(22-42(77)78)50(88)69-35(19-28-7-2-1-3-8-28)47(85)67-34(54(92)93)10-5-17-64-56(60)61/h1-3,7-8,12-15,25,27,32-41,75-76H,4-6,9-11,16-24,26,57H2,(H,62,65)(H,66,83)(H,67,85)(H,68,87)(H,69,88)(H,70,86)(H,71,89)(H,72,90)(H,73,84)(H,77,78)(H,79,80)(H,81,82)(H,92,93)(H4,58,59,63)(H4,60,61,64)/t32-,33-,34-,35-,36-,37-,38-,39-,40-,41-/m0/s1. The van der Waals surface area contributed by atoms with Crippen molar-refractivity contribution in [2.75, 3.05) is 26.2 Å². The van der Waals surface area contributed by atoms with Crippen molar-refractivity contribution in [3.05, 3.63) is 83.9 Å². The van der Waals surface area contributed by atoms with Crippen molar-refractivity contribution < 1.29 is 93.0 Å². The summed E-state index contributed by atoms with van der Waals surface area (Å²) in [5, 5.41) is 77.9. The van der Waals surface area contributed by atoms with Gasteiger partial charge in [-0.3, -0.25) is 67.5 Å². The number of guanidine groups is 2. The van der Waals surface area contributed by atoms with E-state index < -0.39 is 176 Å². The number of aliphatic imine (C=N–C) groups is 2. The van der Waals surface area contributed by atoms with Crippen molar-refractivity contribution in [1.82, 2.24) is 57.4 Å². The second-order valence-corrected chi connectivity index (χ2v) is 21.3. The van der Waals surface area contributed by atoms with E-state index in [9.17, 15) is 93.0 Å². The maximum Gasteiger partial charge on any atom is 0.326 e. The molecule has 2 heterocycles. The Morgan fingerprint density at radius 1 is 0.548 bits per heavy atom. The second-order valence-electron chi connectivity index (χ2n) is 21.3. The van der Waals surface area contributed by atoms with Crippen LogP contribution in [0.15, 0.2) is 77.1 Å². The highest BCUT2D eigenvalue weighted by Gasteiger charge is 2.42. The quantitative estimate of drug-likeness (QED) is 0.0143. The number of hydrogen-bond donors (Lipinski definition) is 20. The molecule has 1 fully saturated rings. The van der Waals surface area contributed by atoms with E-state index in [1.807, 2.05) is 0 Å². The number of benzene rings is 2. The Labute approximate surface area is 529 Å². The number of carbonyl (C=O) groups excluding carboxylic acids is 9. The fourth-order valence-electron chi connectivity index (χ4n) is 9.40. The van der Waals surface area contributed by atoms with E-state index in [1.165, 1.54) is 36.8 Å². The second kappa shape index (κ2) is 37.2. The summed E-state index contributed by atoms with van der Waals surface area (Å²) >= 11 is 0. The maximum atomic E-state index is 14.6. The number of likely N-dealkylation sites (tertiary alicyclic amines) is 1. The van der Waals surface area contributed by atoms with Crippen LogP contribution in [0.5, 0.6) is 5.75 Å². The van der Waals surface area contributed by atoms with Crippen molar-refractivity contribution in [3.8, 4) is 5.75 Å². The van der Waals surface area contributed by atoms with Crippen LogP contribution in [-0.4, -0.2) is 221 Å². The smallest absolute Gasteiger partial charge is 0.326 e. The average Bonchev–Trinajstić information content (AvgIpc) is 1.84. The number of aromatic amines is 1. The molecule has 1 aliphatic heterocycles. The van der Waals surface area contributed by atoms with Gasteiger partial charge in [0.2, 0.25) is 53.2 Å². The highest BCUT2D eigenvalue weighted by molar-refractivity contribution is 6.00. The Kier molecular flexibility index (Phi) is 29.8. The van der Waals surface area contributed by atoms with Crippen molar-refractivity contribution in [1.29, 1.82) is 0 Å². The molecule has 1 aromatic heterocycles. The van der Waals surface area contributed by atoms with Gasteiger partial charge in [-0.1, -0.05) is 42.5 Å². The third-order valence-electron chi connectivity index (χ3n) is 14.1. The first-order chi connectivity index (χ1) is 44.0. The van der Waals surface area contributed by atoms with E-state index >= 15 is 0 Å². The summed E-state index contributed by atoms with van der Waals surface area (Å²) in [6.07, 6.45) is -2.24. The minimum atomic E-state index is -2.16. The normalized spacial score (nSPS) is 15.4. The molecule has 0 spiro atoms. The van der Waals surface area contributed by atoms with Gasteiger partial charge in [-0.15, -0.1) is 0 Å². The number of amides is 9. The number of aliphatic carboxylic acids is 4. The number of aromatic nitrogens is 2. The molecule has 10 atom stereocenters. The summed E-state index contributed by atoms with van der Waals surface area (Å²) in [5.41, 5.74) is 28.0. The van der Waals surface area contributed by atoms with Crippen LogP contribution in [0.4, 0.5) is 0 Å². The van der Waals surface area contributed by atoms with Crippen molar-refractivity contribution >= 4 is 89.0 Å². The molecule has 0 radical (unpaired) electrons. The molecule has 1 aliphatic rings. The number of imidazole rings is 1. The van der Waals surface area contributed by atoms with Crippen LogP contribution in [0, 0.1) is 0 Å². The topological polar surface area (TPSA) is 626 Å². The van der Waals surface area contributed by atoms with E-state index in [2.05, 4.69) is 62.5 Å². The van der Waals surface area contributed by atoms with Gasteiger partial charge in [0.25, 0.3) is 0 Å². The van der Waals surface area contributed by atoms with Crippen LogP contribution in [0.2, 0.25) is 0 Å². The lowest BCUT2D eigenvalue weighted by atomic mass is 10.0. The number of aliphatic hydroxyl groups excluding tert-OH is 1. The third-order valence-corrected chi connectivity index (χ3v) is 14.1. The number of nitrogens with one attached hydrogen (secondary N) is 9. The molecule has 4 rings (SSSR count). The van der Waals surface area contributed by atoms with E-state index in [-0.39, 0.29) is 93.5 Å². The van der Waals surface area contributed by atoms with E-state index in [4.69, 9.17) is 28.7 Å². The average molecular weight is 1310 g/mol. The van der Waals surface area contributed by atoms with E-state index in [0.717, 1.165) is 4.90 Å². The zero-order valence-electron chi connectivity index (χ0n) is 50.1. The first-order valence-corrected chi connectivity index (χ1v) is 28.9. The number of carboxylic acids is 4. The predicted molar refractivity (Wildman–Crippen MR) is 324 cm³/mol. The van der Waals surface area contributed by atoms with Crippen LogP contribution in [-0.2, 0) is 81.6 Å². The Bertz CT molecular complexity index is 3160. The van der Waals surface area contributed by atoms with Crippen LogP contribution < -0.4 is 71.2 Å². The zero-order valence-corrected chi connectivity index (χ0v) is 50.1. The van der Waals surface area contributed by atoms with Crippen molar-refractivity contribution in [3.63, 3.8) is 0 Å². The number of H-pyrrole nitrogens is 1. The highest BCUT2D eigenvalue weighted by atomic mass is 16.4. The molecule has 3 aromatic rings. The monoisotopic (exact) mass is 1310 g/mol. The summed E-state index contributed by atoms with van der Waals surface area (Å²) in [5.74, 6) is -17.5. The van der Waals surface area contributed by atoms with Gasteiger partial charge in [0.05, 0.1) is 32.2 Å². The molecule has 0 saturated carbocycles. The number of carboxylic acid groups (broad SMARTS) is 4. The Balaban J connectivity index is 1.63. The minimum absolute atomic E-state index is 0.00218. The predicted octanol–water partition coefficient (Wildman–Crippen LogP) is -7.05. The zero-order chi connectivity index (χ0) is 68.9. The van der Waals surface area contributed by atoms with Crippen molar-refractivity contribution in [2.24, 2.45) is 38.7 Å². The molecule has 25 N–H and O–H groups in total. The maximum absolute atomic E-state index is 14.6. The summed E-state index contributed by atoms with van der Waals surface area (Å²) in [4.78, 5) is 191. The number of phenolic OH excluding ortho intramolecular Hbond substituents is 1. The number of carbonyl (C=O) groups is 13. The molecule has 37 nitrogen and oxygen atoms in total. The number of nitrogens with two attached hydrogens (primary N) is 5. The third kappa shape index (κ3) is 25.8. The molecule has 9 amide bonds. The molecular weight excluding hydrogens is 1230 g/mol. The summed E-state index contributed by atoms with van der Waals surface area (Å²) in [7, 11) is 0. The van der Waals surface area contributed by atoms with Gasteiger partial charge < -0.3 is 112 Å². The number of rotatable bonds is 39. The molecule has 0 bridgehead atoms. The van der Waals surface area contributed by atoms with Crippen molar-refractivity contribution in [2.45, 2.75) is 137 Å². The fraction of sp³-hybridized carbons (Fsp3) is 0.464. The first kappa shape index (κ1) is 74.5. The molecule has 1 saturated heterocycles. The number of phenols is 1. The van der Waals surface area contributed by atoms with Crippen LogP contribution in [0.3, 0.4) is 0 Å². The molecule has 506 valence electrons. The Morgan fingerprint density at radius 3 is 1.45 bits per heavy atom. The first-order valence-electron chi connectivity index (χ1n) is 28.9. The van der Waals surface area contributed by atoms with E-state index in [0.29, 0.717) is 5.56 Å². The van der Waals surface area contributed by atoms with Gasteiger partial charge in [-0.25, -0.2) is 9.78 Å². The number of aliphatic hydroxyl groups is 1. The van der Waals surface area contributed by atoms with Gasteiger partial charge in [0, 0.05) is 50.8 Å². The lowest BCUT2D eigenvalue weighted by Gasteiger charge is -2.30. The number of nitrogens with zero attached hydrogens (tertiary/aromatic N) is 4. The molecular formula is C56H78N18O19. The van der Waals surface area contributed by atoms with Gasteiger partial charge in [-0.2, -0.15) is 0 Å². The van der Waals surface area contributed by atoms with Crippen LogP contribution in [0.1, 0.15) is 74.6 Å². The van der Waals surface area contributed by atoms with E-state index in [1.54, 1.807) is 30.3 Å². The lowest BCUT2D eigenvalue weighted by molar-refractivity contribution is -0.146. The van der Waals surface area contributed by atoms with Gasteiger partial charge in [0.1, 0.15) is 66.2 Å². The SMILES string of the molecule is NC(N)=NCCC[C@H](NC(=O)[C@H](Cc1ccccc1)NC(=O)[C@H](CC(=O)O)NC(=O)[C@H](CC(=O)O)NC(=O)[C@H](Cc1ccc(O)cc1)NC(=O)[C@H](Cc1cnc[nH]1)NC(=O)[C@@H]1CCCN1C(=O)[C@H](CC(=O)O)NC(=O)[C@H](CCCN=C(N)N)NC(=O)[C@@H](N)CO)C(=O)O. The number of aromatic hydroxyl groups is 1. The van der Waals surface area contributed by atoms with Gasteiger partial charge in [0.15, 0.2) is 11.9 Å². The molecule has 0 aliphatic carbocycles.